The predicted octanol–water partition coefficient (Wildman–Crippen LogP) is 4.45. The van der Waals surface area contributed by atoms with E-state index in [9.17, 15) is 19.7 Å². The maximum Gasteiger partial charge on any atom is 0.269 e. The van der Waals surface area contributed by atoms with Gasteiger partial charge in [-0.2, -0.15) is 0 Å². The highest BCUT2D eigenvalue weighted by atomic mass is 16.6. The zero-order valence-corrected chi connectivity index (χ0v) is 18.7. The lowest BCUT2D eigenvalue weighted by Crippen LogP contribution is -2.34. The average molecular weight is 463 g/mol. The summed E-state index contributed by atoms with van der Waals surface area (Å²) in [6, 6.07) is 15.7. The lowest BCUT2D eigenvalue weighted by atomic mass is 10.1. The first-order chi connectivity index (χ1) is 16.5. The van der Waals surface area contributed by atoms with Gasteiger partial charge < -0.3 is 19.8 Å². The molecule has 3 rings (SSSR count). The first-order valence-corrected chi connectivity index (χ1v) is 10.8. The number of furan rings is 1. The molecule has 0 radical (unpaired) electrons. The number of hydrogen-bond donors (Lipinski definition) is 2. The van der Waals surface area contributed by atoms with Crippen LogP contribution in [0.25, 0.3) is 6.08 Å². The van der Waals surface area contributed by atoms with Crippen LogP contribution in [0.3, 0.4) is 0 Å². The summed E-state index contributed by atoms with van der Waals surface area (Å²) in [6.45, 7) is 2.80. The monoisotopic (exact) mass is 463 g/mol. The molecule has 1 heterocycles. The third kappa shape index (κ3) is 7.06. The molecule has 2 N–H and O–H groups in total. The second-order valence-corrected chi connectivity index (χ2v) is 7.35. The van der Waals surface area contributed by atoms with Gasteiger partial charge in [-0.15, -0.1) is 0 Å². The number of amides is 2. The molecule has 0 aliphatic rings. The molecule has 1 aromatic heterocycles. The summed E-state index contributed by atoms with van der Waals surface area (Å²) in [6.07, 6.45) is 4.90. The Labute approximate surface area is 196 Å². The van der Waals surface area contributed by atoms with Crippen LogP contribution in [0, 0.1) is 10.1 Å². The van der Waals surface area contributed by atoms with Crippen molar-refractivity contribution < 1.29 is 23.7 Å². The topological polar surface area (TPSA) is 124 Å². The Hall–Kier alpha value is -4.40. The van der Waals surface area contributed by atoms with Crippen molar-refractivity contribution in [1.82, 2.24) is 10.6 Å². The Kier molecular flexibility index (Phi) is 8.56. The first kappa shape index (κ1) is 24.2. The van der Waals surface area contributed by atoms with Crippen molar-refractivity contribution in [2.75, 3.05) is 6.61 Å². The number of unbranched alkanes of at least 4 members (excludes halogenated alkanes) is 1. The van der Waals surface area contributed by atoms with E-state index in [1.54, 1.807) is 36.4 Å². The molecule has 0 unspecified atom stereocenters. The molecule has 0 fully saturated rings. The zero-order chi connectivity index (χ0) is 24.3. The normalized spacial score (nSPS) is 11.0. The van der Waals surface area contributed by atoms with Gasteiger partial charge in [0.15, 0.2) is 0 Å². The number of carbonyl (C=O) groups is 2. The van der Waals surface area contributed by atoms with Crippen molar-refractivity contribution >= 4 is 23.6 Å². The van der Waals surface area contributed by atoms with Crippen LogP contribution >= 0.6 is 0 Å². The molecule has 0 saturated heterocycles. The highest BCUT2D eigenvalue weighted by Gasteiger charge is 2.16. The van der Waals surface area contributed by atoms with Crippen molar-refractivity contribution in [3.8, 4) is 5.75 Å². The Morgan fingerprint density at radius 1 is 1.09 bits per heavy atom. The van der Waals surface area contributed by atoms with Gasteiger partial charge >= 0.3 is 0 Å². The van der Waals surface area contributed by atoms with Gasteiger partial charge in [0, 0.05) is 17.7 Å². The number of hydrogen-bond acceptors (Lipinski definition) is 6. The van der Waals surface area contributed by atoms with Gasteiger partial charge in [-0.05, 0) is 66.6 Å². The van der Waals surface area contributed by atoms with E-state index in [2.05, 4.69) is 17.6 Å². The number of non-ortho nitro benzene ring substituents is 1. The summed E-state index contributed by atoms with van der Waals surface area (Å²) < 4.78 is 10.8. The maximum absolute atomic E-state index is 12.8. The maximum atomic E-state index is 12.8. The minimum atomic E-state index is -0.539. The van der Waals surface area contributed by atoms with Crippen molar-refractivity contribution in [2.24, 2.45) is 0 Å². The smallest absolute Gasteiger partial charge is 0.269 e. The summed E-state index contributed by atoms with van der Waals surface area (Å²) in [5.74, 6) is 0.180. The van der Waals surface area contributed by atoms with E-state index in [1.807, 2.05) is 0 Å². The number of nitro benzene ring substituents is 1. The van der Waals surface area contributed by atoms with Gasteiger partial charge in [0.05, 0.1) is 24.3 Å². The number of nitro groups is 1. The Bertz CT molecular complexity index is 1140. The van der Waals surface area contributed by atoms with Crippen LogP contribution in [0.2, 0.25) is 0 Å². The number of nitrogens with zero attached hydrogens (tertiary/aromatic N) is 1. The molecule has 34 heavy (non-hydrogen) atoms. The van der Waals surface area contributed by atoms with Crippen molar-refractivity contribution in [2.45, 2.75) is 26.3 Å². The van der Waals surface area contributed by atoms with E-state index in [1.165, 1.54) is 36.6 Å². The van der Waals surface area contributed by atoms with E-state index in [0.29, 0.717) is 29.2 Å². The SMILES string of the molecule is CCCCOc1ccc(C(=O)NC(=Cc2ccc([N+](=O)[O-])cc2)C(=O)NCc2ccco2)cc1. The predicted molar refractivity (Wildman–Crippen MR) is 126 cm³/mol. The second-order valence-electron chi connectivity index (χ2n) is 7.35. The first-order valence-electron chi connectivity index (χ1n) is 10.8. The summed E-state index contributed by atoms with van der Waals surface area (Å²) >= 11 is 0. The third-order valence-electron chi connectivity index (χ3n) is 4.79. The van der Waals surface area contributed by atoms with Crippen molar-refractivity contribution in [3.05, 3.63) is 99.6 Å². The van der Waals surface area contributed by atoms with Crippen molar-refractivity contribution in [1.29, 1.82) is 0 Å². The summed E-state index contributed by atoms with van der Waals surface area (Å²) in [5.41, 5.74) is 0.755. The zero-order valence-electron chi connectivity index (χ0n) is 18.7. The molecule has 2 amide bonds. The Morgan fingerprint density at radius 2 is 1.82 bits per heavy atom. The summed E-state index contributed by atoms with van der Waals surface area (Å²) in [7, 11) is 0. The van der Waals surface area contributed by atoms with Gasteiger partial charge in [-0.1, -0.05) is 13.3 Å². The van der Waals surface area contributed by atoms with Gasteiger partial charge in [-0.3, -0.25) is 19.7 Å². The lowest BCUT2D eigenvalue weighted by molar-refractivity contribution is -0.384. The molecular formula is C25H25N3O6. The number of ether oxygens (including phenoxy) is 1. The van der Waals surface area contributed by atoms with Gasteiger partial charge in [0.1, 0.15) is 17.2 Å². The number of carbonyl (C=O) groups excluding carboxylic acids is 2. The van der Waals surface area contributed by atoms with Crippen LogP contribution in [0.1, 0.15) is 41.4 Å². The fourth-order valence-electron chi connectivity index (χ4n) is 2.92. The molecule has 9 nitrogen and oxygen atoms in total. The Morgan fingerprint density at radius 3 is 2.44 bits per heavy atom. The van der Waals surface area contributed by atoms with E-state index in [4.69, 9.17) is 9.15 Å². The van der Waals surface area contributed by atoms with Gasteiger partial charge in [0.25, 0.3) is 17.5 Å². The molecular weight excluding hydrogens is 438 g/mol. The van der Waals surface area contributed by atoms with Crippen LogP contribution in [0.15, 0.2) is 77.0 Å². The fraction of sp³-hybridized carbons (Fsp3) is 0.200. The van der Waals surface area contributed by atoms with E-state index < -0.39 is 16.7 Å². The molecule has 0 aliphatic heterocycles. The molecule has 3 aromatic rings. The molecule has 0 bridgehead atoms. The summed E-state index contributed by atoms with van der Waals surface area (Å²) in [4.78, 5) is 36.0. The van der Waals surface area contributed by atoms with Crippen LogP contribution in [-0.2, 0) is 11.3 Å². The minimum absolute atomic E-state index is 0.0197. The highest BCUT2D eigenvalue weighted by Crippen LogP contribution is 2.16. The van der Waals surface area contributed by atoms with Crippen molar-refractivity contribution in [3.63, 3.8) is 0 Å². The van der Waals surface area contributed by atoms with E-state index >= 15 is 0 Å². The third-order valence-corrected chi connectivity index (χ3v) is 4.79. The molecule has 176 valence electrons. The molecule has 0 atom stereocenters. The molecule has 2 aromatic carbocycles. The fourth-order valence-corrected chi connectivity index (χ4v) is 2.92. The number of rotatable bonds is 11. The number of benzene rings is 2. The lowest BCUT2D eigenvalue weighted by Gasteiger charge is -2.11. The van der Waals surface area contributed by atoms with Gasteiger partial charge in [-0.25, -0.2) is 0 Å². The standard InChI is InChI=1S/C25H25N3O6/c1-2-3-14-33-21-12-8-19(9-13-21)24(29)27-23(25(30)26-17-22-5-4-15-34-22)16-18-6-10-20(11-7-18)28(31)32/h4-13,15-16H,2-3,14,17H2,1H3,(H,26,30)(H,27,29). The molecule has 9 heteroatoms. The van der Waals surface area contributed by atoms with Crippen LogP contribution in [-0.4, -0.2) is 23.3 Å². The quantitative estimate of drug-likeness (QED) is 0.187. The molecule has 0 spiro atoms. The van der Waals surface area contributed by atoms with E-state index in [0.717, 1.165) is 12.8 Å². The van der Waals surface area contributed by atoms with E-state index in [-0.39, 0.29) is 17.9 Å². The Balaban J connectivity index is 1.76. The van der Waals surface area contributed by atoms with Crippen LogP contribution < -0.4 is 15.4 Å². The number of nitrogens with one attached hydrogen (secondary N) is 2. The largest absolute Gasteiger partial charge is 0.494 e. The van der Waals surface area contributed by atoms with Gasteiger partial charge in [0.2, 0.25) is 0 Å². The van der Waals surface area contributed by atoms with Crippen LogP contribution in [0.4, 0.5) is 5.69 Å². The molecule has 0 saturated carbocycles. The minimum Gasteiger partial charge on any atom is -0.494 e. The molecule has 0 aliphatic carbocycles. The van der Waals surface area contributed by atoms with Crippen LogP contribution in [0.5, 0.6) is 5.75 Å². The average Bonchev–Trinajstić information content (AvgIpc) is 3.37. The summed E-state index contributed by atoms with van der Waals surface area (Å²) in [5, 5.41) is 16.2. The highest BCUT2D eigenvalue weighted by molar-refractivity contribution is 6.05. The second kappa shape index (κ2) is 12.0.